The summed E-state index contributed by atoms with van der Waals surface area (Å²) in [7, 11) is 0. The van der Waals surface area contributed by atoms with Gasteiger partial charge < -0.3 is 14.3 Å². The number of ether oxygens (including phenoxy) is 2. The smallest absolute Gasteiger partial charge is 0.156 e. The molecule has 10 heteroatoms. The molecule has 0 saturated heterocycles. The molecule has 0 radical (unpaired) electrons. The highest BCUT2D eigenvalue weighted by atomic mass is 79.9. The fraction of sp³-hybridized carbons (Fsp3) is 0.353. The summed E-state index contributed by atoms with van der Waals surface area (Å²) in [4.78, 5) is 5.04. The third-order valence-corrected chi connectivity index (χ3v) is 4.41. The molecule has 1 rings (SSSR count). The lowest BCUT2D eigenvalue weighted by Gasteiger charge is -2.12. The molecule has 0 spiro atoms. The summed E-state index contributed by atoms with van der Waals surface area (Å²) in [5.74, 6) is 0.932. The molecule has 0 fully saturated rings. The van der Waals surface area contributed by atoms with E-state index < -0.39 is 0 Å². The Bertz CT molecular complexity index is 653. The fourth-order valence-electron chi connectivity index (χ4n) is 1.72. The second kappa shape index (κ2) is 14.8. The molecule has 0 aliphatic heterocycles. The number of halogens is 6. The minimum atomic E-state index is 0.132. The summed E-state index contributed by atoms with van der Waals surface area (Å²) in [6, 6.07) is 3.25. The minimum Gasteiger partial charge on any atom is -0.490 e. The van der Waals surface area contributed by atoms with E-state index in [-0.39, 0.29) is 11.1 Å². The molecule has 0 amide bonds. The minimum absolute atomic E-state index is 0.132. The molecule has 4 nitrogen and oxygen atoms in total. The molecule has 1 aromatic carbocycles. The van der Waals surface area contributed by atoms with E-state index in [1.165, 1.54) is 6.08 Å². The second-order valence-electron chi connectivity index (χ2n) is 4.94. The van der Waals surface area contributed by atoms with E-state index >= 15 is 0 Å². The lowest BCUT2D eigenvalue weighted by molar-refractivity contribution is 0.175. The zero-order valence-electron chi connectivity index (χ0n) is 14.1. The molecule has 1 aromatic rings. The van der Waals surface area contributed by atoms with Gasteiger partial charge in [-0.2, -0.15) is 0 Å². The van der Waals surface area contributed by atoms with Gasteiger partial charge in [0.15, 0.2) is 5.75 Å². The van der Waals surface area contributed by atoms with Crippen molar-refractivity contribution < 1.29 is 14.3 Å². The number of hydrogen-bond donors (Lipinski definition) is 0. The molecule has 0 N–H and O–H groups in total. The van der Waals surface area contributed by atoms with Gasteiger partial charge in [0.2, 0.25) is 0 Å². The van der Waals surface area contributed by atoms with E-state index in [0.29, 0.717) is 34.8 Å². The largest absolute Gasteiger partial charge is 0.490 e. The van der Waals surface area contributed by atoms with Gasteiger partial charge in [0.25, 0.3) is 0 Å². The molecule has 150 valence electrons. The van der Waals surface area contributed by atoms with Crippen LogP contribution in [-0.4, -0.2) is 26.0 Å². The van der Waals surface area contributed by atoms with Crippen molar-refractivity contribution in [1.82, 2.24) is 0 Å². The molecule has 0 aliphatic carbocycles. The molecular weight excluding hydrogens is 568 g/mol. The highest BCUT2D eigenvalue weighted by Crippen LogP contribution is 2.37. The van der Waals surface area contributed by atoms with Crippen LogP contribution >= 0.6 is 78.3 Å². The lowest BCUT2D eigenvalue weighted by Crippen LogP contribution is -2.00. The van der Waals surface area contributed by atoms with E-state index in [4.69, 9.17) is 60.7 Å². The van der Waals surface area contributed by atoms with Gasteiger partial charge in [-0.25, -0.2) is 0 Å². The molecule has 27 heavy (non-hydrogen) atoms. The Balaban J connectivity index is 2.31. The van der Waals surface area contributed by atoms with Crippen LogP contribution in [-0.2, 0) is 4.84 Å². The maximum Gasteiger partial charge on any atom is 0.156 e. The Labute approximate surface area is 195 Å². The number of unbranched alkanes of at least 4 members (excludes halogenated alkanes) is 2. The highest BCUT2D eigenvalue weighted by molar-refractivity contribution is 9.28. The number of oxime groups is 1. The summed E-state index contributed by atoms with van der Waals surface area (Å²) in [6.07, 6.45) is 7.55. The maximum atomic E-state index is 6.20. The van der Waals surface area contributed by atoms with Gasteiger partial charge in [-0.3, -0.25) is 0 Å². The first-order valence-corrected chi connectivity index (χ1v) is 10.9. The summed E-state index contributed by atoms with van der Waals surface area (Å²) in [5, 5.41) is 4.59. The van der Waals surface area contributed by atoms with Crippen molar-refractivity contribution in [2.75, 3.05) is 19.8 Å². The van der Waals surface area contributed by atoms with Gasteiger partial charge in [0.05, 0.1) is 20.0 Å². The normalized spacial score (nSPS) is 10.6. The van der Waals surface area contributed by atoms with Crippen molar-refractivity contribution in [2.45, 2.75) is 19.3 Å². The number of nitrogens with zero attached hydrogens (tertiary/aromatic N) is 1. The SMILES string of the molecule is ClC(Cl)=CCOc1cc(Cl)c(OCCCCC=NOCC=C(Br)Br)c(Cl)c1. The standard InChI is InChI=1S/C17H17Br2Cl4NO3/c18-15(19)4-9-27-24-6-2-1-3-7-26-17-13(20)10-12(11-14(17)21)25-8-5-16(22)23/h4-6,10-11H,1-3,7-9H2. The van der Waals surface area contributed by atoms with Crippen molar-refractivity contribution in [2.24, 2.45) is 5.16 Å². The molecule has 0 unspecified atom stereocenters. The Kier molecular flexibility index (Phi) is 13.7. The predicted molar refractivity (Wildman–Crippen MR) is 121 cm³/mol. The van der Waals surface area contributed by atoms with Crippen molar-refractivity contribution in [1.29, 1.82) is 0 Å². The van der Waals surface area contributed by atoms with Crippen molar-refractivity contribution in [3.05, 3.63) is 42.2 Å². The monoisotopic (exact) mass is 581 g/mol. The molecular formula is C17H17Br2Cl4NO3. The Morgan fingerprint density at radius 3 is 2.33 bits per heavy atom. The van der Waals surface area contributed by atoms with Gasteiger partial charge >= 0.3 is 0 Å². The van der Waals surface area contributed by atoms with E-state index in [2.05, 4.69) is 37.0 Å². The first-order chi connectivity index (χ1) is 12.9. The third kappa shape index (κ3) is 12.1. The van der Waals surface area contributed by atoms with Crippen LogP contribution in [0.2, 0.25) is 10.0 Å². The molecule has 0 saturated carbocycles. The van der Waals surface area contributed by atoms with Crippen LogP contribution < -0.4 is 9.47 Å². The van der Waals surface area contributed by atoms with Crippen LogP contribution in [0.5, 0.6) is 11.5 Å². The fourth-order valence-corrected chi connectivity index (χ4v) is 2.69. The van der Waals surface area contributed by atoms with Gasteiger partial charge in [-0.15, -0.1) is 0 Å². The number of hydrogen-bond acceptors (Lipinski definition) is 4. The topological polar surface area (TPSA) is 40.0 Å². The van der Waals surface area contributed by atoms with E-state index in [9.17, 15) is 0 Å². The molecule has 0 bridgehead atoms. The molecule has 0 heterocycles. The van der Waals surface area contributed by atoms with Crippen molar-refractivity contribution in [3.63, 3.8) is 0 Å². The zero-order chi connectivity index (χ0) is 20.1. The quantitative estimate of drug-likeness (QED) is 0.143. The number of benzene rings is 1. The summed E-state index contributed by atoms with van der Waals surface area (Å²) in [5.41, 5.74) is 0. The zero-order valence-corrected chi connectivity index (χ0v) is 20.3. The average molecular weight is 585 g/mol. The Hall–Kier alpha value is -0.110. The summed E-state index contributed by atoms with van der Waals surface area (Å²) in [6.45, 7) is 1.10. The van der Waals surface area contributed by atoms with Crippen molar-refractivity contribution in [3.8, 4) is 11.5 Å². The summed E-state index contributed by atoms with van der Waals surface area (Å²) >= 11 is 29.9. The molecule has 0 aromatic heterocycles. The van der Waals surface area contributed by atoms with Gasteiger partial charge in [-0.1, -0.05) is 51.6 Å². The van der Waals surface area contributed by atoms with Crippen molar-refractivity contribution >= 4 is 84.5 Å². The highest BCUT2D eigenvalue weighted by Gasteiger charge is 2.10. The second-order valence-corrected chi connectivity index (χ2v) is 9.54. The third-order valence-electron chi connectivity index (χ3n) is 2.89. The van der Waals surface area contributed by atoms with Gasteiger partial charge in [0, 0.05) is 18.3 Å². The van der Waals surface area contributed by atoms with E-state index in [0.717, 1.165) is 22.7 Å². The number of rotatable bonds is 12. The first kappa shape index (κ1) is 24.9. The van der Waals surface area contributed by atoms with Gasteiger partial charge in [-0.05, 0) is 63.3 Å². The maximum absolute atomic E-state index is 6.20. The average Bonchev–Trinajstić information content (AvgIpc) is 2.58. The molecule has 0 aliphatic rings. The Morgan fingerprint density at radius 1 is 1.00 bits per heavy atom. The lowest BCUT2D eigenvalue weighted by atomic mass is 10.2. The predicted octanol–water partition coefficient (Wildman–Crippen LogP) is 7.87. The van der Waals surface area contributed by atoms with Gasteiger partial charge in [0.1, 0.15) is 23.5 Å². The van der Waals surface area contributed by atoms with Crippen LogP contribution in [0.4, 0.5) is 0 Å². The van der Waals surface area contributed by atoms with E-state index in [1.807, 2.05) is 0 Å². The van der Waals surface area contributed by atoms with Crippen LogP contribution in [0.25, 0.3) is 0 Å². The van der Waals surface area contributed by atoms with Crippen LogP contribution in [0.1, 0.15) is 19.3 Å². The molecule has 0 atom stereocenters. The summed E-state index contributed by atoms with van der Waals surface area (Å²) < 4.78 is 12.1. The van der Waals surface area contributed by atoms with Crippen LogP contribution in [0.15, 0.2) is 37.3 Å². The van der Waals surface area contributed by atoms with Crippen LogP contribution in [0.3, 0.4) is 0 Å². The van der Waals surface area contributed by atoms with E-state index in [1.54, 1.807) is 24.4 Å². The Morgan fingerprint density at radius 2 is 1.70 bits per heavy atom. The van der Waals surface area contributed by atoms with Crippen LogP contribution in [0, 0.1) is 0 Å². The first-order valence-electron chi connectivity index (χ1n) is 7.81.